The van der Waals surface area contributed by atoms with E-state index < -0.39 is 28.5 Å². The van der Waals surface area contributed by atoms with Crippen LogP contribution in [0.15, 0.2) is 71.6 Å². The molecule has 3 aromatic carbocycles. The number of carbonyl (C=O) groups is 2. The van der Waals surface area contributed by atoms with Crippen molar-refractivity contribution >= 4 is 32.6 Å². The third-order valence-corrected chi connectivity index (χ3v) is 8.31. The number of amides is 2. The predicted molar refractivity (Wildman–Crippen MR) is 149 cm³/mol. The second-order valence-corrected chi connectivity index (χ2v) is 11.3. The Morgan fingerprint density at radius 2 is 1.66 bits per heavy atom. The third-order valence-electron chi connectivity index (χ3n) is 6.51. The van der Waals surface area contributed by atoms with Crippen molar-refractivity contribution < 1.29 is 22.7 Å². The number of fused-ring (bicyclic) bond motifs is 1. The van der Waals surface area contributed by atoms with Crippen molar-refractivity contribution in [3.8, 4) is 5.75 Å². The average molecular weight is 540 g/mol. The topological polar surface area (TPSA) is 96.0 Å². The van der Waals surface area contributed by atoms with Gasteiger partial charge in [0.05, 0.1) is 18.6 Å². The number of hydrogen-bond acceptors (Lipinski definition) is 5. The molecule has 2 amide bonds. The molecule has 1 atom stereocenters. The summed E-state index contributed by atoms with van der Waals surface area (Å²) >= 11 is 0. The lowest BCUT2D eigenvalue weighted by Gasteiger charge is -2.32. The van der Waals surface area contributed by atoms with Gasteiger partial charge in [0.25, 0.3) is 0 Å². The van der Waals surface area contributed by atoms with Gasteiger partial charge in [-0.25, -0.2) is 8.42 Å². The van der Waals surface area contributed by atoms with E-state index in [1.807, 2.05) is 50.2 Å². The van der Waals surface area contributed by atoms with Gasteiger partial charge in [-0.05, 0) is 53.4 Å². The number of unbranched alkanes of at least 4 members (excludes halogenated alkanes) is 1. The Kier molecular flexibility index (Phi) is 10.3. The number of benzene rings is 3. The molecule has 0 unspecified atom stereocenters. The van der Waals surface area contributed by atoms with Gasteiger partial charge in [-0.2, -0.15) is 4.31 Å². The molecule has 0 aliphatic carbocycles. The van der Waals surface area contributed by atoms with E-state index in [1.54, 1.807) is 37.4 Å². The van der Waals surface area contributed by atoms with Gasteiger partial charge in [0.15, 0.2) is 0 Å². The maximum absolute atomic E-state index is 13.6. The Balaban J connectivity index is 1.85. The van der Waals surface area contributed by atoms with Gasteiger partial charge in [0.2, 0.25) is 21.8 Å². The van der Waals surface area contributed by atoms with E-state index >= 15 is 0 Å². The standard InChI is InChI=1S/C29H37N3O5S/c1-5-7-18-30-29(34)27(6-2)32(20-22-12-15-25(37-4)16-13-22)28(33)21-31(3)38(35,36)26-17-14-23-10-8-9-11-24(23)19-26/h8-17,19,27H,5-7,18,20-21H2,1-4H3,(H,30,34)/t27-/m0/s1. The summed E-state index contributed by atoms with van der Waals surface area (Å²) in [6.45, 7) is 4.16. The molecule has 38 heavy (non-hydrogen) atoms. The number of likely N-dealkylation sites (N-methyl/N-ethyl adjacent to an activating group) is 1. The molecule has 9 heteroatoms. The minimum atomic E-state index is -3.94. The van der Waals surface area contributed by atoms with E-state index in [0.717, 1.165) is 33.5 Å². The van der Waals surface area contributed by atoms with Crippen LogP contribution in [0.25, 0.3) is 10.8 Å². The first-order chi connectivity index (χ1) is 18.2. The summed E-state index contributed by atoms with van der Waals surface area (Å²) in [7, 11) is -0.983. The van der Waals surface area contributed by atoms with Crippen molar-refractivity contribution in [2.24, 2.45) is 0 Å². The zero-order valence-corrected chi connectivity index (χ0v) is 23.3. The van der Waals surface area contributed by atoms with Crippen molar-refractivity contribution in [2.45, 2.75) is 50.6 Å². The van der Waals surface area contributed by atoms with Gasteiger partial charge in [0.1, 0.15) is 11.8 Å². The molecule has 0 aromatic heterocycles. The van der Waals surface area contributed by atoms with Crippen LogP contribution >= 0.6 is 0 Å². The molecule has 0 saturated carbocycles. The normalized spacial score (nSPS) is 12.3. The number of carbonyl (C=O) groups excluding carboxylic acids is 2. The monoisotopic (exact) mass is 539 g/mol. The second-order valence-electron chi connectivity index (χ2n) is 9.21. The molecule has 1 N–H and O–H groups in total. The van der Waals surface area contributed by atoms with Crippen LogP contribution in [0.3, 0.4) is 0 Å². The van der Waals surface area contributed by atoms with Crippen LogP contribution in [-0.4, -0.2) is 62.7 Å². The first-order valence-electron chi connectivity index (χ1n) is 12.9. The molecule has 0 bridgehead atoms. The number of hydrogen-bond donors (Lipinski definition) is 1. The molecule has 0 saturated heterocycles. The summed E-state index contributed by atoms with van der Waals surface area (Å²) in [5.74, 6) is -0.0230. The zero-order chi connectivity index (χ0) is 27.7. The lowest BCUT2D eigenvalue weighted by molar-refractivity contribution is -0.141. The molecular formula is C29H37N3O5S. The summed E-state index contributed by atoms with van der Waals surface area (Å²) in [5.41, 5.74) is 0.805. The van der Waals surface area contributed by atoms with Crippen LogP contribution in [0.5, 0.6) is 5.75 Å². The first kappa shape index (κ1) is 29.1. The van der Waals surface area contributed by atoms with Gasteiger partial charge in [-0.3, -0.25) is 9.59 Å². The molecule has 3 rings (SSSR count). The van der Waals surface area contributed by atoms with Crippen LogP contribution < -0.4 is 10.1 Å². The number of nitrogens with one attached hydrogen (secondary N) is 1. The summed E-state index contributed by atoms with van der Waals surface area (Å²) < 4.78 is 33.0. The van der Waals surface area contributed by atoms with E-state index in [9.17, 15) is 18.0 Å². The van der Waals surface area contributed by atoms with Crippen LogP contribution in [0.2, 0.25) is 0 Å². The summed E-state index contributed by atoms with van der Waals surface area (Å²) in [5, 5.41) is 4.64. The molecule has 0 aliphatic rings. The number of methoxy groups -OCH3 is 1. The van der Waals surface area contributed by atoms with Gasteiger partial charge in [-0.15, -0.1) is 0 Å². The Morgan fingerprint density at radius 1 is 0.974 bits per heavy atom. The predicted octanol–water partition coefficient (Wildman–Crippen LogP) is 4.19. The van der Waals surface area contributed by atoms with E-state index in [0.29, 0.717) is 18.7 Å². The van der Waals surface area contributed by atoms with Crippen molar-refractivity contribution in [2.75, 3.05) is 27.2 Å². The highest BCUT2D eigenvalue weighted by molar-refractivity contribution is 7.89. The van der Waals surface area contributed by atoms with Gasteiger partial charge >= 0.3 is 0 Å². The van der Waals surface area contributed by atoms with E-state index in [4.69, 9.17) is 4.74 Å². The quantitative estimate of drug-likeness (QED) is 0.329. The van der Waals surface area contributed by atoms with E-state index in [-0.39, 0.29) is 17.3 Å². The summed E-state index contributed by atoms with van der Waals surface area (Å²) in [6.07, 6.45) is 2.16. The van der Waals surface area contributed by atoms with E-state index in [2.05, 4.69) is 5.32 Å². The summed E-state index contributed by atoms with van der Waals surface area (Å²) in [6, 6.07) is 18.9. The lowest BCUT2D eigenvalue weighted by Crippen LogP contribution is -2.51. The number of sulfonamides is 1. The number of rotatable bonds is 13. The maximum atomic E-state index is 13.6. The zero-order valence-electron chi connectivity index (χ0n) is 22.5. The molecule has 8 nitrogen and oxygen atoms in total. The summed E-state index contributed by atoms with van der Waals surface area (Å²) in [4.78, 5) is 28.3. The maximum Gasteiger partial charge on any atom is 0.243 e. The fourth-order valence-corrected chi connectivity index (χ4v) is 5.38. The fourth-order valence-electron chi connectivity index (χ4n) is 4.23. The Bertz CT molecular complexity index is 1340. The Morgan fingerprint density at radius 3 is 2.29 bits per heavy atom. The van der Waals surface area contributed by atoms with Crippen LogP contribution in [0.4, 0.5) is 0 Å². The van der Waals surface area contributed by atoms with Gasteiger partial charge < -0.3 is 15.0 Å². The molecule has 0 radical (unpaired) electrons. The average Bonchev–Trinajstić information content (AvgIpc) is 2.93. The molecule has 3 aromatic rings. The Labute approximate surface area is 225 Å². The lowest BCUT2D eigenvalue weighted by atomic mass is 10.1. The van der Waals surface area contributed by atoms with Crippen LogP contribution in [-0.2, 0) is 26.2 Å². The Hall–Kier alpha value is -3.43. The van der Waals surface area contributed by atoms with Crippen LogP contribution in [0.1, 0.15) is 38.7 Å². The second kappa shape index (κ2) is 13.4. The minimum absolute atomic E-state index is 0.109. The van der Waals surface area contributed by atoms with Crippen molar-refractivity contribution in [3.63, 3.8) is 0 Å². The van der Waals surface area contributed by atoms with Crippen molar-refractivity contribution in [3.05, 3.63) is 72.3 Å². The minimum Gasteiger partial charge on any atom is -0.497 e. The molecule has 204 valence electrons. The molecule has 0 fully saturated rings. The highest BCUT2D eigenvalue weighted by atomic mass is 32.2. The molecule has 0 spiro atoms. The van der Waals surface area contributed by atoms with Crippen molar-refractivity contribution in [1.29, 1.82) is 0 Å². The first-order valence-corrected chi connectivity index (χ1v) is 14.3. The third kappa shape index (κ3) is 7.11. The molecule has 0 aliphatic heterocycles. The highest BCUT2D eigenvalue weighted by Gasteiger charge is 2.31. The number of nitrogens with zero attached hydrogens (tertiary/aromatic N) is 2. The smallest absolute Gasteiger partial charge is 0.243 e. The fraction of sp³-hybridized carbons (Fsp3) is 0.379. The molecule has 0 heterocycles. The SMILES string of the molecule is CCCCNC(=O)[C@H](CC)N(Cc1ccc(OC)cc1)C(=O)CN(C)S(=O)(=O)c1ccc2ccccc2c1. The van der Waals surface area contributed by atoms with Crippen molar-refractivity contribution in [1.82, 2.24) is 14.5 Å². The van der Waals surface area contributed by atoms with E-state index in [1.165, 1.54) is 11.9 Å². The molecular weight excluding hydrogens is 502 g/mol. The highest BCUT2D eigenvalue weighted by Crippen LogP contribution is 2.22. The van der Waals surface area contributed by atoms with Gasteiger partial charge in [-0.1, -0.05) is 62.7 Å². The number of ether oxygens (including phenoxy) is 1. The largest absolute Gasteiger partial charge is 0.497 e. The van der Waals surface area contributed by atoms with Gasteiger partial charge in [0, 0.05) is 20.1 Å². The van der Waals surface area contributed by atoms with Crippen LogP contribution in [0, 0.1) is 0 Å².